The molecule has 0 atom stereocenters. The Bertz CT molecular complexity index is 1230. The normalized spacial score (nSPS) is 16.6. The van der Waals surface area contributed by atoms with Crippen LogP contribution in [-0.2, 0) is 16.4 Å². The van der Waals surface area contributed by atoms with Crippen LogP contribution in [0.4, 0.5) is 29.3 Å². The van der Waals surface area contributed by atoms with Crippen LogP contribution in [0.2, 0.25) is 0 Å². The van der Waals surface area contributed by atoms with E-state index in [1.54, 1.807) is 6.07 Å². The van der Waals surface area contributed by atoms with Crippen molar-refractivity contribution in [2.45, 2.75) is 43.3 Å². The highest BCUT2D eigenvalue weighted by Crippen LogP contribution is 2.50. The summed E-state index contributed by atoms with van der Waals surface area (Å²) < 4.78 is 39.0. The van der Waals surface area contributed by atoms with Gasteiger partial charge in [-0.05, 0) is 77.9 Å². The Hall–Kier alpha value is -3.33. The minimum atomic E-state index is -4.51. The number of amides is 3. The first-order chi connectivity index (χ1) is 16.2. The highest BCUT2D eigenvalue weighted by atomic mass is 32.1. The molecule has 0 bridgehead atoms. The number of carbonyl (C=O) groups excluding carboxylic acids is 2. The van der Waals surface area contributed by atoms with Gasteiger partial charge in [-0.25, -0.2) is 4.79 Å². The van der Waals surface area contributed by atoms with Gasteiger partial charge in [0.25, 0.3) is 0 Å². The van der Waals surface area contributed by atoms with Crippen LogP contribution in [0.1, 0.15) is 36.8 Å². The van der Waals surface area contributed by atoms with Crippen LogP contribution in [0.25, 0.3) is 11.1 Å². The average Bonchev–Trinajstić information content (AvgIpc) is 3.72. The fourth-order valence-corrected chi connectivity index (χ4v) is 4.65. The summed E-state index contributed by atoms with van der Waals surface area (Å²) in [6.45, 7) is 0. The topological polar surface area (TPSA) is 70.2 Å². The van der Waals surface area contributed by atoms with Crippen molar-refractivity contribution in [3.63, 3.8) is 0 Å². The van der Waals surface area contributed by atoms with Crippen LogP contribution in [0.5, 0.6) is 0 Å². The maximum absolute atomic E-state index is 13.0. The van der Waals surface area contributed by atoms with Crippen molar-refractivity contribution in [1.82, 2.24) is 5.32 Å². The quantitative estimate of drug-likeness (QED) is 0.379. The molecular formula is C25H22F3N3O2S. The zero-order chi connectivity index (χ0) is 23.9. The third kappa shape index (κ3) is 4.65. The van der Waals surface area contributed by atoms with E-state index in [0.29, 0.717) is 5.69 Å². The van der Waals surface area contributed by atoms with Crippen LogP contribution < -0.4 is 16.0 Å². The van der Waals surface area contributed by atoms with Crippen LogP contribution in [0, 0.1) is 0 Å². The van der Waals surface area contributed by atoms with Gasteiger partial charge in [-0.2, -0.15) is 24.5 Å². The molecule has 2 saturated carbocycles. The lowest BCUT2D eigenvalue weighted by molar-refractivity contribution is -0.137. The summed E-state index contributed by atoms with van der Waals surface area (Å²) >= 11 is 1.51. The van der Waals surface area contributed by atoms with Gasteiger partial charge in [0.2, 0.25) is 5.91 Å². The number of hydrogen-bond acceptors (Lipinski definition) is 3. The van der Waals surface area contributed by atoms with Gasteiger partial charge in [-0.3, -0.25) is 4.79 Å². The summed E-state index contributed by atoms with van der Waals surface area (Å²) in [5.74, 6) is 0.0117. The molecule has 34 heavy (non-hydrogen) atoms. The Morgan fingerprint density at radius 1 is 1.00 bits per heavy atom. The van der Waals surface area contributed by atoms with E-state index in [0.717, 1.165) is 54.5 Å². The summed E-state index contributed by atoms with van der Waals surface area (Å²) in [7, 11) is 0. The molecule has 0 aliphatic heterocycles. The lowest BCUT2D eigenvalue weighted by Gasteiger charge is -2.19. The standard InChI is InChI=1S/C25H22F3N3O2S/c26-25(27,28)17-2-1-3-19(12-17)30-23(33)31-21-13-16(4-7-20(21)15-8-11-34-14-15)24(9-10-24)22(32)29-18-5-6-18/h1-4,7-8,11-14,18H,5-6,9-10H2,(H,29,32)(H2,30,31,33). The molecule has 0 radical (unpaired) electrons. The molecule has 9 heteroatoms. The fourth-order valence-electron chi connectivity index (χ4n) is 4.00. The molecule has 1 aromatic heterocycles. The molecule has 3 N–H and O–H groups in total. The lowest BCUT2D eigenvalue weighted by atomic mass is 9.92. The first-order valence-electron chi connectivity index (χ1n) is 11.0. The zero-order valence-corrected chi connectivity index (χ0v) is 18.9. The second kappa shape index (κ2) is 8.47. The van der Waals surface area contributed by atoms with E-state index < -0.39 is 23.2 Å². The fraction of sp³-hybridized carbons (Fsp3) is 0.280. The minimum absolute atomic E-state index is 0.0117. The number of anilines is 2. The molecule has 3 amide bonds. The Kier molecular flexibility index (Phi) is 5.59. The number of benzene rings is 2. The van der Waals surface area contributed by atoms with Gasteiger partial charge in [-0.1, -0.05) is 18.2 Å². The van der Waals surface area contributed by atoms with Crippen LogP contribution in [0.15, 0.2) is 59.3 Å². The van der Waals surface area contributed by atoms with Gasteiger partial charge in [0.1, 0.15) is 0 Å². The molecule has 0 spiro atoms. The highest BCUT2D eigenvalue weighted by Gasteiger charge is 2.52. The minimum Gasteiger partial charge on any atom is -0.353 e. The SMILES string of the molecule is O=C(Nc1cccc(C(F)(F)F)c1)Nc1cc(C2(C(=O)NC3CC3)CC2)ccc1-c1ccsc1. The predicted octanol–water partition coefficient (Wildman–Crippen LogP) is 6.39. The second-order valence-corrected chi connectivity index (χ2v) is 9.54. The van der Waals surface area contributed by atoms with Crippen molar-refractivity contribution < 1.29 is 22.8 Å². The maximum Gasteiger partial charge on any atom is 0.416 e. The third-order valence-corrected chi connectivity index (χ3v) is 6.88. The molecule has 5 nitrogen and oxygen atoms in total. The smallest absolute Gasteiger partial charge is 0.353 e. The average molecular weight is 486 g/mol. The molecule has 2 aliphatic carbocycles. The predicted molar refractivity (Wildman–Crippen MR) is 126 cm³/mol. The van der Waals surface area contributed by atoms with E-state index in [-0.39, 0.29) is 17.6 Å². The van der Waals surface area contributed by atoms with Crippen LogP contribution in [-0.4, -0.2) is 18.0 Å². The Morgan fingerprint density at radius 2 is 1.79 bits per heavy atom. The maximum atomic E-state index is 13.0. The van der Waals surface area contributed by atoms with Crippen molar-refractivity contribution in [1.29, 1.82) is 0 Å². The van der Waals surface area contributed by atoms with E-state index >= 15 is 0 Å². The molecule has 2 aromatic carbocycles. The molecule has 3 aromatic rings. The van der Waals surface area contributed by atoms with E-state index in [2.05, 4.69) is 16.0 Å². The van der Waals surface area contributed by atoms with Crippen molar-refractivity contribution in [3.8, 4) is 11.1 Å². The number of nitrogens with one attached hydrogen (secondary N) is 3. The highest BCUT2D eigenvalue weighted by molar-refractivity contribution is 7.08. The van der Waals surface area contributed by atoms with Gasteiger partial charge in [0.05, 0.1) is 16.7 Å². The molecule has 2 fully saturated rings. The molecule has 1 heterocycles. The molecule has 0 unspecified atom stereocenters. The number of alkyl halides is 3. The molecule has 5 rings (SSSR count). The van der Waals surface area contributed by atoms with E-state index in [4.69, 9.17) is 0 Å². The Labute approximate surface area is 198 Å². The summed E-state index contributed by atoms with van der Waals surface area (Å²) in [5, 5.41) is 12.2. The number of halogens is 3. The first-order valence-corrected chi connectivity index (χ1v) is 11.9. The second-order valence-electron chi connectivity index (χ2n) is 8.76. The van der Waals surface area contributed by atoms with E-state index in [9.17, 15) is 22.8 Å². The number of hydrogen-bond donors (Lipinski definition) is 3. The van der Waals surface area contributed by atoms with E-state index in [1.807, 2.05) is 29.0 Å². The molecule has 176 valence electrons. The van der Waals surface area contributed by atoms with Crippen molar-refractivity contribution in [3.05, 3.63) is 70.4 Å². The van der Waals surface area contributed by atoms with Gasteiger partial charge in [0.15, 0.2) is 0 Å². The number of thiophene rings is 1. The van der Waals surface area contributed by atoms with Crippen LogP contribution in [0.3, 0.4) is 0 Å². The largest absolute Gasteiger partial charge is 0.416 e. The first kappa shape index (κ1) is 22.5. The van der Waals surface area contributed by atoms with E-state index in [1.165, 1.54) is 23.5 Å². The lowest BCUT2D eigenvalue weighted by Crippen LogP contribution is -2.36. The molecular weight excluding hydrogens is 463 g/mol. The number of urea groups is 1. The summed E-state index contributed by atoms with van der Waals surface area (Å²) in [4.78, 5) is 25.6. The Balaban J connectivity index is 1.41. The monoisotopic (exact) mass is 485 g/mol. The number of carbonyl (C=O) groups is 2. The van der Waals surface area contributed by atoms with Gasteiger partial charge < -0.3 is 16.0 Å². The summed E-state index contributed by atoms with van der Waals surface area (Å²) in [6.07, 6.45) is -1.03. The molecule has 0 saturated heterocycles. The van der Waals surface area contributed by atoms with Crippen LogP contribution >= 0.6 is 11.3 Å². The summed E-state index contributed by atoms with van der Waals surface area (Å²) in [5.41, 5.74) is 1.57. The van der Waals surface area contributed by atoms with Gasteiger partial charge in [-0.15, -0.1) is 0 Å². The molecule has 2 aliphatic rings. The zero-order valence-electron chi connectivity index (χ0n) is 18.0. The van der Waals surface area contributed by atoms with Gasteiger partial charge in [0, 0.05) is 17.3 Å². The summed E-state index contributed by atoms with van der Waals surface area (Å²) in [6, 6.07) is 11.6. The third-order valence-electron chi connectivity index (χ3n) is 6.20. The van der Waals surface area contributed by atoms with Crippen molar-refractivity contribution in [2.24, 2.45) is 0 Å². The van der Waals surface area contributed by atoms with Crippen molar-refractivity contribution >= 4 is 34.6 Å². The van der Waals surface area contributed by atoms with Crippen molar-refractivity contribution in [2.75, 3.05) is 10.6 Å². The Morgan fingerprint density at radius 3 is 2.44 bits per heavy atom. The van der Waals surface area contributed by atoms with Gasteiger partial charge >= 0.3 is 12.2 Å². The number of rotatable bonds is 6.